The lowest BCUT2D eigenvalue weighted by molar-refractivity contribution is 0.159. The molecule has 118 valence electrons. The van der Waals surface area contributed by atoms with Crippen LogP contribution in [0.1, 0.15) is 72.1 Å². The number of hydrogen-bond donors (Lipinski definition) is 1. The average molecular weight is 280 g/mol. The Bertz CT molecular complexity index is 255. The van der Waals surface area contributed by atoms with Crippen LogP contribution in [-0.2, 0) is 0 Å². The van der Waals surface area contributed by atoms with Gasteiger partial charge in [-0.3, -0.25) is 0 Å². The van der Waals surface area contributed by atoms with Gasteiger partial charge in [-0.25, -0.2) is 0 Å². The van der Waals surface area contributed by atoms with Crippen molar-refractivity contribution < 1.29 is 0 Å². The zero-order valence-corrected chi connectivity index (χ0v) is 14.1. The Labute approximate surface area is 126 Å². The zero-order chi connectivity index (χ0) is 14.4. The Morgan fingerprint density at radius 3 is 2.20 bits per heavy atom. The zero-order valence-electron chi connectivity index (χ0n) is 14.1. The summed E-state index contributed by atoms with van der Waals surface area (Å²) in [4.78, 5) is 2.65. The lowest BCUT2D eigenvalue weighted by Gasteiger charge is -2.37. The van der Waals surface area contributed by atoms with Gasteiger partial charge < -0.3 is 10.2 Å². The normalized spacial score (nSPS) is 29.6. The molecule has 0 aromatic carbocycles. The van der Waals surface area contributed by atoms with Crippen molar-refractivity contribution in [1.29, 1.82) is 0 Å². The Hall–Kier alpha value is -0.0800. The van der Waals surface area contributed by atoms with Gasteiger partial charge in [0.15, 0.2) is 0 Å². The van der Waals surface area contributed by atoms with Crippen LogP contribution in [0.2, 0.25) is 0 Å². The van der Waals surface area contributed by atoms with E-state index in [1.54, 1.807) is 0 Å². The van der Waals surface area contributed by atoms with Crippen molar-refractivity contribution in [2.75, 3.05) is 26.2 Å². The third-order valence-corrected chi connectivity index (χ3v) is 5.48. The first kappa shape index (κ1) is 16.3. The van der Waals surface area contributed by atoms with Crippen LogP contribution >= 0.6 is 0 Å². The van der Waals surface area contributed by atoms with E-state index in [9.17, 15) is 0 Å². The molecular formula is C18H36N2. The molecule has 2 heteroatoms. The van der Waals surface area contributed by atoms with Crippen LogP contribution in [0.15, 0.2) is 0 Å². The van der Waals surface area contributed by atoms with E-state index in [0.717, 1.165) is 12.0 Å². The second-order valence-corrected chi connectivity index (χ2v) is 8.12. The van der Waals surface area contributed by atoms with Crippen LogP contribution in [0.25, 0.3) is 0 Å². The van der Waals surface area contributed by atoms with Crippen molar-refractivity contribution >= 4 is 0 Å². The minimum atomic E-state index is 0.513. The summed E-state index contributed by atoms with van der Waals surface area (Å²) in [6.45, 7) is 12.4. The quantitative estimate of drug-likeness (QED) is 0.764. The van der Waals surface area contributed by atoms with E-state index in [4.69, 9.17) is 0 Å². The maximum Gasteiger partial charge on any atom is 0.00672 e. The van der Waals surface area contributed by atoms with Gasteiger partial charge in [0.1, 0.15) is 0 Å². The first-order chi connectivity index (χ1) is 9.55. The molecule has 2 fully saturated rings. The maximum absolute atomic E-state index is 3.81. The molecule has 0 bridgehead atoms. The minimum Gasteiger partial charge on any atom is -0.314 e. The van der Waals surface area contributed by atoms with Crippen LogP contribution in [0.3, 0.4) is 0 Å². The molecule has 1 saturated carbocycles. The van der Waals surface area contributed by atoms with Crippen LogP contribution < -0.4 is 5.32 Å². The molecule has 1 saturated heterocycles. The lowest BCUT2D eigenvalue weighted by atomic mass is 9.71. The molecule has 1 N–H and O–H groups in total. The van der Waals surface area contributed by atoms with Gasteiger partial charge >= 0.3 is 0 Å². The smallest absolute Gasteiger partial charge is 0.00672 e. The van der Waals surface area contributed by atoms with Gasteiger partial charge in [0.25, 0.3) is 0 Å². The number of likely N-dealkylation sites (tertiary alicyclic amines) is 1. The van der Waals surface area contributed by atoms with Gasteiger partial charge in [-0.05, 0) is 82.5 Å². The molecule has 1 aliphatic heterocycles. The highest BCUT2D eigenvalue weighted by Gasteiger charge is 2.29. The molecule has 0 spiro atoms. The molecule has 1 aliphatic carbocycles. The molecule has 2 aliphatic rings. The van der Waals surface area contributed by atoms with Gasteiger partial charge in [-0.2, -0.15) is 0 Å². The molecule has 0 aromatic rings. The predicted octanol–water partition coefficient (Wildman–Crippen LogP) is 4.06. The third-order valence-electron chi connectivity index (χ3n) is 5.48. The fourth-order valence-corrected chi connectivity index (χ4v) is 3.96. The topological polar surface area (TPSA) is 15.3 Å². The van der Waals surface area contributed by atoms with Gasteiger partial charge in [0.2, 0.25) is 0 Å². The molecule has 0 atom stereocenters. The van der Waals surface area contributed by atoms with E-state index in [2.05, 4.69) is 31.0 Å². The van der Waals surface area contributed by atoms with Crippen LogP contribution in [0.4, 0.5) is 0 Å². The highest BCUT2D eigenvalue weighted by molar-refractivity contribution is 4.83. The van der Waals surface area contributed by atoms with E-state index in [1.807, 2.05) is 0 Å². The summed E-state index contributed by atoms with van der Waals surface area (Å²) in [6, 6.07) is 0.801. The fraction of sp³-hybridized carbons (Fsp3) is 1.00. The monoisotopic (exact) mass is 280 g/mol. The number of hydrogen-bond acceptors (Lipinski definition) is 2. The van der Waals surface area contributed by atoms with Crippen molar-refractivity contribution in [3.8, 4) is 0 Å². The van der Waals surface area contributed by atoms with Gasteiger partial charge in [-0.1, -0.05) is 27.2 Å². The highest BCUT2D eigenvalue weighted by Crippen LogP contribution is 2.37. The summed E-state index contributed by atoms with van der Waals surface area (Å²) in [5.41, 5.74) is 0.513. The van der Waals surface area contributed by atoms with E-state index >= 15 is 0 Å². The Kier molecular flexibility index (Phi) is 6.35. The summed E-state index contributed by atoms with van der Waals surface area (Å²) >= 11 is 0. The summed E-state index contributed by atoms with van der Waals surface area (Å²) in [7, 11) is 0. The molecule has 2 nitrogen and oxygen atoms in total. The number of nitrogens with one attached hydrogen (secondary N) is 1. The second kappa shape index (κ2) is 7.79. The molecular weight excluding hydrogens is 244 g/mol. The average Bonchev–Trinajstić information content (AvgIpc) is 2.44. The Morgan fingerprint density at radius 2 is 1.60 bits per heavy atom. The molecule has 2 rings (SSSR count). The summed E-state index contributed by atoms with van der Waals surface area (Å²) in [5.74, 6) is 0.939. The molecule has 0 unspecified atom stereocenters. The van der Waals surface area contributed by atoms with Gasteiger partial charge in [0, 0.05) is 6.04 Å². The number of piperidine rings is 1. The molecule has 1 heterocycles. The highest BCUT2D eigenvalue weighted by atomic mass is 15.1. The van der Waals surface area contributed by atoms with E-state index < -0.39 is 0 Å². The molecule has 0 amide bonds. The summed E-state index contributed by atoms with van der Waals surface area (Å²) in [6.07, 6.45) is 11.3. The number of rotatable bonds is 5. The summed E-state index contributed by atoms with van der Waals surface area (Å²) < 4.78 is 0. The van der Waals surface area contributed by atoms with Crippen molar-refractivity contribution in [3.63, 3.8) is 0 Å². The van der Waals surface area contributed by atoms with Crippen molar-refractivity contribution in [1.82, 2.24) is 10.2 Å². The van der Waals surface area contributed by atoms with Gasteiger partial charge in [0.05, 0.1) is 0 Å². The second-order valence-electron chi connectivity index (χ2n) is 8.12. The molecule has 20 heavy (non-hydrogen) atoms. The van der Waals surface area contributed by atoms with Crippen LogP contribution in [-0.4, -0.2) is 37.1 Å². The van der Waals surface area contributed by atoms with E-state index in [0.29, 0.717) is 5.41 Å². The van der Waals surface area contributed by atoms with Crippen molar-refractivity contribution in [3.05, 3.63) is 0 Å². The maximum atomic E-state index is 3.81. The third kappa shape index (κ3) is 5.37. The Morgan fingerprint density at radius 1 is 0.950 bits per heavy atom. The number of nitrogens with zero attached hydrogens (tertiary/aromatic N) is 1. The summed E-state index contributed by atoms with van der Waals surface area (Å²) in [5, 5.41) is 3.81. The van der Waals surface area contributed by atoms with Crippen LogP contribution in [0, 0.1) is 11.3 Å². The first-order valence-electron chi connectivity index (χ1n) is 9.01. The van der Waals surface area contributed by atoms with E-state index in [-0.39, 0.29) is 0 Å². The Balaban J connectivity index is 1.53. The lowest BCUT2D eigenvalue weighted by Crippen LogP contribution is -2.38. The fourth-order valence-electron chi connectivity index (χ4n) is 3.96. The molecule has 0 aromatic heterocycles. The van der Waals surface area contributed by atoms with E-state index in [1.165, 1.54) is 77.5 Å². The standard InChI is InChI=1S/C18H36N2/c1-18(2,3)16-8-10-17(11-9-16)19-12-7-15-20-13-5-4-6-14-20/h16-17,19H,4-15H2,1-3H3. The van der Waals surface area contributed by atoms with Crippen molar-refractivity contribution in [2.45, 2.75) is 78.2 Å². The van der Waals surface area contributed by atoms with Crippen molar-refractivity contribution in [2.24, 2.45) is 11.3 Å². The largest absolute Gasteiger partial charge is 0.314 e. The SMILES string of the molecule is CC(C)(C)C1CCC(NCCCN2CCCCC2)CC1. The first-order valence-corrected chi connectivity index (χ1v) is 9.01. The van der Waals surface area contributed by atoms with Gasteiger partial charge in [-0.15, -0.1) is 0 Å². The predicted molar refractivity (Wildman–Crippen MR) is 88.1 cm³/mol. The van der Waals surface area contributed by atoms with Crippen LogP contribution in [0.5, 0.6) is 0 Å². The molecule has 0 radical (unpaired) electrons. The minimum absolute atomic E-state index is 0.513.